The molecule has 2 N–H and O–H groups in total. The lowest BCUT2D eigenvalue weighted by molar-refractivity contribution is 0.378. The molecule has 0 saturated heterocycles. The fraction of sp³-hybridized carbons (Fsp3) is 0.750. The van der Waals surface area contributed by atoms with E-state index in [1.54, 1.807) is 10.4 Å². The Morgan fingerprint density at radius 1 is 1.42 bits per heavy atom. The number of hydrogen-bond acceptors (Lipinski definition) is 3. The Bertz CT molecular complexity index is 392. The van der Waals surface area contributed by atoms with Gasteiger partial charge in [-0.3, -0.25) is 0 Å². The lowest BCUT2D eigenvalue weighted by Gasteiger charge is -2.27. The van der Waals surface area contributed by atoms with Gasteiger partial charge in [0, 0.05) is 29.5 Å². The molecule has 0 saturated carbocycles. The van der Waals surface area contributed by atoms with Crippen molar-refractivity contribution in [1.82, 2.24) is 10.6 Å². The average Bonchev–Trinajstić information content (AvgIpc) is 2.81. The Balaban J connectivity index is 1.77. The van der Waals surface area contributed by atoms with Gasteiger partial charge in [0.2, 0.25) is 0 Å². The highest BCUT2D eigenvalue weighted by molar-refractivity contribution is 7.10. The predicted octanol–water partition coefficient (Wildman–Crippen LogP) is 3.53. The number of thiophene rings is 1. The molecule has 1 aliphatic carbocycles. The zero-order chi connectivity index (χ0) is 13.9. The second kappa shape index (κ2) is 6.38. The summed E-state index contributed by atoms with van der Waals surface area (Å²) in [6.07, 6.45) is 4.00. The van der Waals surface area contributed by atoms with Crippen molar-refractivity contribution in [2.24, 2.45) is 0 Å². The third-order valence-electron chi connectivity index (χ3n) is 3.83. The van der Waals surface area contributed by atoms with E-state index in [9.17, 15) is 0 Å². The van der Waals surface area contributed by atoms with Gasteiger partial charge in [-0.1, -0.05) is 0 Å². The van der Waals surface area contributed by atoms with Gasteiger partial charge in [-0.15, -0.1) is 11.3 Å². The Morgan fingerprint density at radius 3 is 2.95 bits per heavy atom. The predicted molar refractivity (Wildman–Crippen MR) is 85.2 cm³/mol. The van der Waals surface area contributed by atoms with Gasteiger partial charge < -0.3 is 10.6 Å². The molecule has 0 amide bonds. The molecular formula is C16H28N2S. The standard InChI is InChI=1S/C16H28N2S/c1-12(10-18-16(2,3)4)17-11-13-6-5-7-15-14(13)8-9-19-15/h8-9,12-13,17-18H,5-7,10-11H2,1-4H3. The third kappa shape index (κ3) is 4.59. The summed E-state index contributed by atoms with van der Waals surface area (Å²) in [7, 11) is 0. The first-order chi connectivity index (χ1) is 8.96. The normalized spacial score (nSPS) is 21.2. The van der Waals surface area contributed by atoms with Crippen LogP contribution in [0.5, 0.6) is 0 Å². The summed E-state index contributed by atoms with van der Waals surface area (Å²) in [6, 6.07) is 2.87. The first-order valence-electron chi connectivity index (χ1n) is 7.50. The van der Waals surface area contributed by atoms with Crippen LogP contribution in [-0.2, 0) is 6.42 Å². The number of hydrogen-bond donors (Lipinski definition) is 2. The summed E-state index contributed by atoms with van der Waals surface area (Å²) in [5.74, 6) is 0.729. The maximum absolute atomic E-state index is 3.70. The van der Waals surface area contributed by atoms with Gasteiger partial charge in [-0.05, 0) is 69.9 Å². The van der Waals surface area contributed by atoms with E-state index in [-0.39, 0.29) is 5.54 Å². The van der Waals surface area contributed by atoms with E-state index >= 15 is 0 Å². The zero-order valence-corrected chi connectivity index (χ0v) is 13.6. The molecule has 0 aliphatic heterocycles. The molecule has 1 heterocycles. The van der Waals surface area contributed by atoms with Crippen LogP contribution in [0, 0.1) is 0 Å². The van der Waals surface area contributed by atoms with Gasteiger partial charge >= 0.3 is 0 Å². The summed E-state index contributed by atoms with van der Waals surface area (Å²) in [4.78, 5) is 1.62. The van der Waals surface area contributed by atoms with Crippen molar-refractivity contribution in [3.8, 4) is 0 Å². The topological polar surface area (TPSA) is 24.1 Å². The van der Waals surface area contributed by atoms with Crippen molar-refractivity contribution in [1.29, 1.82) is 0 Å². The molecule has 2 atom stereocenters. The molecule has 2 unspecified atom stereocenters. The minimum Gasteiger partial charge on any atom is -0.312 e. The molecule has 1 aromatic heterocycles. The average molecular weight is 280 g/mol. The Labute approximate surface area is 122 Å². The molecule has 2 rings (SSSR count). The fourth-order valence-electron chi connectivity index (χ4n) is 2.67. The minimum absolute atomic E-state index is 0.210. The lowest BCUT2D eigenvalue weighted by Crippen LogP contribution is -2.45. The molecule has 1 aliphatic rings. The second-order valence-corrected chi connectivity index (χ2v) is 7.83. The van der Waals surface area contributed by atoms with Crippen molar-refractivity contribution < 1.29 is 0 Å². The van der Waals surface area contributed by atoms with Gasteiger partial charge in [-0.25, -0.2) is 0 Å². The molecule has 3 heteroatoms. The quantitative estimate of drug-likeness (QED) is 0.862. The van der Waals surface area contributed by atoms with E-state index < -0.39 is 0 Å². The lowest BCUT2D eigenvalue weighted by atomic mass is 9.87. The Morgan fingerprint density at radius 2 is 2.21 bits per heavy atom. The molecule has 108 valence electrons. The summed E-state index contributed by atoms with van der Waals surface area (Å²) in [5, 5.41) is 9.52. The monoisotopic (exact) mass is 280 g/mol. The number of aryl methyl sites for hydroxylation is 1. The van der Waals surface area contributed by atoms with Gasteiger partial charge in [0.05, 0.1) is 0 Å². The molecule has 19 heavy (non-hydrogen) atoms. The smallest absolute Gasteiger partial charge is 0.0164 e. The summed E-state index contributed by atoms with van der Waals surface area (Å²) < 4.78 is 0. The Kier molecular flexibility index (Phi) is 5.04. The van der Waals surface area contributed by atoms with Crippen LogP contribution in [0.3, 0.4) is 0 Å². The maximum atomic E-state index is 3.70. The zero-order valence-electron chi connectivity index (χ0n) is 12.8. The molecule has 2 nitrogen and oxygen atoms in total. The second-order valence-electron chi connectivity index (χ2n) is 6.83. The summed E-state index contributed by atoms with van der Waals surface area (Å²) in [5.41, 5.74) is 1.82. The van der Waals surface area contributed by atoms with E-state index in [0.29, 0.717) is 6.04 Å². The van der Waals surface area contributed by atoms with E-state index in [2.05, 4.69) is 49.8 Å². The van der Waals surface area contributed by atoms with Crippen molar-refractivity contribution >= 4 is 11.3 Å². The van der Waals surface area contributed by atoms with E-state index in [4.69, 9.17) is 0 Å². The molecular weight excluding hydrogens is 252 g/mol. The van der Waals surface area contributed by atoms with Crippen LogP contribution in [0.2, 0.25) is 0 Å². The van der Waals surface area contributed by atoms with Crippen LogP contribution in [0.4, 0.5) is 0 Å². The van der Waals surface area contributed by atoms with Gasteiger partial charge in [0.15, 0.2) is 0 Å². The molecule has 0 spiro atoms. The minimum atomic E-state index is 0.210. The highest BCUT2D eigenvalue weighted by Crippen LogP contribution is 2.34. The fourth-order valence-corrected chi connectivity index (χ4v) is 3.68. The molecule has 0 radical (unpaired) electrons. The Hall–Kier alpha value is -0.380. The van der Waals surface area contributed by atoms with Crippen molar-refractivity contribution in [2.75, 3.05) is 13.1 Å². The van der Waals surface area contributed by atoms with Crippen LogP contribution >= 0.6 is 11.3 Å². The van der Waals surface area contributed by atoms with Gasteiger partial charge in [0.25, 0.3) is 0 Å². The van der Waals surface area contributed by atoms with E-state index in [0.717, 1.165) is 19.0 Å². The van der Waals surface area contributed by atoms with Crippen LogP contribution in [0.1, 0.15) is 56.9 Å². The first-order valence-corrected chi connectivity index (χ1v) is 8.38. The third-order valence-corrected chi connectivity index (χ3v) is 4.82. The number of nitrogens with one attached hydrogen (secondary N) is 2. The molecule has 0 aromatic carbocycles. The van der Waals surface area contributed by atoms with Crippen LogP contribution < -0.4 is 10.6 Å². The van der Waals surface area contributed by atoms with Gasteiger partial charge in [0.1, 0.15) is 0 Å². The highest BCUT2D eigenvalue weighted by Gasteiger charge is 2.21. The van der Waals surface area contributed by atoms with Crippen molar-refractivity contribution in [3.05, 3.63) is 21.9 Å². The summed E-state index contributed by atoms with van der Waals surface area (Å²) >= 11 is 1.94. The van der Waals surface area contributed by atoms with Crippen molar-refractivity contribution in [2.45, 2.75) is 64.5 Å². The molecule has 0 bridgehead atoms. The van der Waals surface area contributed by atoms with Crippen LogP contribution in [0.25, 0.3) is 0 Å². The SMILES string of the molecule is CC(CNC(C)(C)C)NCC1CCCc2sccc21. The van der Waals surface area contributed by atoms with Crippen molar-refractivity contribution in [3.63, 3.8) is 0 Å². The highest BCUT2D eigenvalue weighted by atomic mass is 32.1. The van der Waals surface area contributed by atoms with Gasteiger partial charge in [-0.2, -0.15) is 0 Å². The largest absolute Gasteiger partial charge is 0.312 e. The summed E-state index contributed by atoms with van der Waals surface area (Å²) in [6.45, 7) is 11.1. The number of rotatable bonds is 5. The van der Waals surface area contributed by atoms with E-state index in [1.807, 2.05) is 11.3 Å². The van der Waals surface area contributed by atoms with Crippen LogP contribution in [0.15, 0.2) is 11.4 Å². The number of fused-ring (bicyclic) bond motifs is 1. The van der Waals surface area contributed by atoms with E-state index in [1.165, 1.54) is 19.3 Å². The van der Waals surface area contributed by atoms with Crippen LogP contribution in [-0.4, -0.2) is 24.7 Å². The first kappa shape index (κ1) is 15.0. The molecule has 1 aromatic rings. The molecule has 0 fully saturated rings. The maximum Gasteiger partial charge on any atom is 0.0164 e.